The highest BCUT2D eigenvalue weighted by molar-refractivity contribution is 5.82. The molecule has 0 radical (unpaired) electrons. The van der Waals surface area contributed by atoms with Gasteiger partial charge in [0.25, 0.3) is 0 Å². The molecule has 0 aromatic heterocycles. The van der Waals surface area contributed by atoms with E-state index in [2.05, 4.69) is 6.92 Å². The Balaban J connectivity index is 1.83. The molecule has 0 bridgehead atoms. The topological polar surface area (TPSA) is 26.3 Å². The Labute approximate surface area is 73.3 Å². The summed E-state index contributed by atoms with van der Waals surface area (Å²) in [6, 6.07) is 0. The van der Waals surface area contributed by atoms with Crippen LogP contribution in [0.5, 0.6) is 0 Å². The first-order valence-corrected chi connectivity index (χ1v) is 4.80. The van der Waals surface area contributed by atoms with Gasteiger partial charge in [0, 0.05) is 18.9 Å². The first kappa shape index (κ1) is 8.24. The molecule has 2 heteroatoms. The summed E-state index contributed by atoms with van der Waals surface area (Å²) in [4.78, 5) is 11.6. The van der Waals surface area contributed by atoms with Crippen molar-refractivity contribution in [3.8, 4) is 0 Å². The number of Topliss-reactive ketones (excluding diaryl/α,β-unsaturated/α-hetero) is 1. The molecule has 2 aliphatic rings. The van der Waals surface area contributed by atoms with E-state index in [1.54, 1.807) is 0 Å². The van der Waals surface area contributed by atoms with Crippen LogP contribution in [0, 0.1) is 11.3 Å². The summed E-state index contributed by atoms with van der Waals surface area (Å²) in [7, 11) is 0. The lowest BCUT2D eigenvalue weighted by Gasteiger charge is -2.10. The summed E-state index contributed by atoms with van der Waals surface area (Å²) in [5, 5.41) is 0. The molecule has 0 aromatic carbocycles. The van der Waals surface area contributed by atoms with Crippen molar-refractivity contribution >= 4 is 5.78 Å². The Hall–Kier alpha value is -0.370. The minimum absolute atomic E-state index is 0.224. The molecule has 2 fully saturated rings. The minimum Gasteiger partial charge on any atom is -0.381 e. The van der Waals surface area contributed by atoms with E-state index >= 15 is 0 Å². The third-order valence-corrected chi connectivity index (χ3v) is 3.09. The zero-order valence-corrected chi connectivity index (χ0v) is 7.64. The highest BCUT2D eigenvalue weighted by Crippen LogP contribution is 2.48. The van der Waals surface area contributed by atoms with Crippen LogP contribution < -0.4 is 0 Å². The molecule has 12 heavy (non-hydrogen) atoms. The second-order valence-electron chi connectivity index (χ2n) is 4.51. The predicted molar refractivity (Wildman–Crippen MR) is 45.9 cm³/mol. The molecule has 0 N–H and O–H groups in total. The highest BCUT2D eigenvalue weighted by Gasteiger charge is 2.40. The summed E-state index contributed by atoms with van der Waals surface area (Å²) in [6.45, 7) is 3.67. The Kier molecular flexibility index (Phi) is 1.95. The maximum atomic E-state index is 11.6. The Bertz CT molecular complexity index is 188. The summed E-state index contributed by atoms with van der Waals surface area (Å²) >= 11 is 0. The summed E-state index contributed by atoms with van der Waals surface area (Å²) in [5.41, 5.74) is 0.375. The van der Waals surface area contributed by atoms with Crippen LogP contribution >= 0.6 is 0 Å². The van der Waals surface area contributed by atoms with E-state index < -0.39 is 0 Å². The molecular formula is C10H16O2. The van der Waals surface area contributed by atoms with Gasteiger partial charge in [-0.25, -0.2) is 0 Å². The highest BCUT2D eigenvalue weighted by atomic mass is 16.5. The zero-order valence-electron chi connectivity index (χ0n) is 7.64. The number of hydrogen-bond donors (Lipinski definition) is 0. The third kappa shape index (κ3) is 1.69. The normalized spacial score (nSPS) is 31.9. The van der Waals surface area contributed by atoms with Crippen molar-refractivity contribution < 1.29 is 9.53 Å². The molecule has 1 saturated heterocycles. The number of carbonyl (C=O) groups is 1. The van der Waals surface area contributed by atoms with Crippen molar-refractivity contribution in [3.63, 3.8) is 0 Å². The SMILES string of the molecule is CC1(CC(=O)C2CCOC2)CC1. The standard InChI is InChI=1S/C10H16O2/c1-10(3-4-10)6-9(11)8-2-5-12-7-8/h8H,2-7H2,1H3. The van der Waals surface area contributed by atoms with Gasteiger partial charge in [-0.1, -0.05) is 6.92 Å². The van der Waals surface area contributed by atoms with Gasteiger partial charge in [0.05, 0.1) is 6.61 Å². The second-order valence-corrected chi connectivity index (χ2v) is 4.51. The van der Waals surface area contributed by atoms with Crippen LogP contribution in [0.3, 0.4) is 0 Å². The molecule has 0 amide bonds. The maximum absolute atomic E-state index is 11.6. The zero-order chi connectivity index (χ0) is 8.60. The minimum atomic E-state index is 0.224. The van der Waals surface area contributed by atoms with Gasteiger partial charge < -0.3 is 4.74 Å². The largest absolute Gasteiger partial charge is 0.381 e. The average Bonchev–Trinajstić information content (AvgIpc) is 2.55. The number of rotatable bonds is 3. The molecule has 2 rings (SSSR count). The Morgan fingerprint density at radius 2 is 2.33 bits per heavy atom. The molecule has 1 saturated carbocycles. The second kappa shape index (κ2) is 2.84. The van der Waals surface area contributed by atoms with Crippen LogP contribution in [0.25, 0.3) is 0 Å². The maximum Gasteiger partial charge on any atom is 0.138 e. The van der Waals surface area contributed by atoms with Crippen LogP contribution in [0.15, 0.2) is 0 Å². The lowest BCUT2D eigenvalue weighted by Crippen LogP contribution is -2.17. The van der Waals surface area contributed by atoms with Crippen molar-refractivity contribution in [2.45, 2.75) is 32.6 Å². The molecule has 68 valence electrons. The first-order valence-electron chi connectivity index (χ1n) is 4.80. The van der Waals surface area contributed by atoms with Crippen LogP contribution in [0.1, 0.15) is 32.6 Å². The van der Waals surface area contributed by atoms with E-state index in [0.29, 0.717) is 17.8 Å². The van der Waals surface area contributed by atoms with Crippen LogP contribution in [0.4, 0.5) is 0 Å². The predicted octanol–water partition coefficient (Wildman–Crippen LogP) is 1.78. The van der Waals surface area contributed by atoms with Crippen molar-refractivity contribution in [1.82, 2.24) is 0 Å². The molecule has 1 atom stereocenters. The molecular weight excluding hydrogens is 152 g/mol. The average molecular weight is 168 g/mol. The van der Waals surface area contributed by atoms with Gasteiger partial charge in [0.2, 0.25) is 0 Å². The number of hydrogen-bond acceptors (Lipinski definition) is 2. The summed E-state index contributed by atoms with van der Waals surface area (Å²) < 4.78 is 5.19. The smallest absolute Gasteiger partial charge is 0.138 e. The molecule has 1 unspecified atom stereocenters. The van der Waals surface area contributed by atoms with Crippen LogP contribution in [0.2, 0.25) is 0 Å². The van der Waals surface area contributed by atoms with E-state index in [9.17, 15) is 4.79 Å². The van der Waals surface area contributed by atoms with Gasteiger partial charge >= 0.3 is 0 Å². The van der Waals surface area contributed by atoms with Gasteiger partial charge in [-0.2, -0.15) is 0 Å². The lowest BCUT2D eigenvalue weighted by atomic mass is 9.93. The van der Waals surface area contributed by atoms with Crippen molar-refractivity contribution in [2.75, 3.05) is 13.2 Å². The molecule has 0 aromatic rings. The fraction of sp³-hybridized carbons (Fsp3) is 0.900. The fourth-order valence-electron chi connectivity index (χ4n) is 1.74. The Morgan fingerprint density at radius 3 is 2.83 bits per heavy atom. The van der Waals surface area contributed by atoms with Gasteiger partial charge in [0.15, 0.2) is 0 Å². The molecule has 1 aliphatic carbocycles. The first-order chi connectivity index (χ1) is 5.70. The molecule has 1 aliphatic heterocycles. The van der Waals surface area contributed by atoms with E-state index in [1.165, 1.54) is 12.8 Å². The monoisotopic (exact) mass is 168 g/mol. The van der Waals surface area contributed by atoms with Crippen LogP contribution in [-0.4, -0.2) is 19.0 Å². The molecule has 0 spiro atoms. The van der Waals surface area contributed by atoms with Gasteiger partial charge in [-0.05, 0) is 24.7 Å². The third-order valence-electron chi connectivity index (χ3n) is 3.09. The van der Waals surface area contributed by atoms with Gasteiger partial charge in [0.1, 0.15) is 5.78 Å². The van der Waals surface area contributed by atoms with E-state index in [4.69, 9.17) is 4.74 Å². The van der Waals surface area contributed by atoms with E-state index in [-0.39, 0.29) is 5.92 Å². The fourth-order valence-corrected chi connectivity index (χ4v) is 1.74. The van der Waals surface area contributed by atoms with Gasteiger partial charge in [-0.3, -0.25) is 4.79 Å². The van der Waals surface area contributed by atoms with Crippen LogP contribution in [-0.2, 0) is 9.53 Å². The quantitative estimate of drug-likeness (QED) is 0.642. The number of carbonyl (C=O) groups excluding carboxylic acids is 1. The number of ketones is 1. The van der Waals surface area contributed by atoms with Crippen molar-refractivity contribution in [2.24, 2.45) is 11.3 Å². The van der Waals surface area contributed by atoms with E-state index in [1.807, 2.05) is 0 Å². The van der Waals surface area contributed by atoms with Crippen molar-refractivity contribution in [3.05, 3.63) is 0 Å². The lowest BCUT2D eigenvalue weighted by molar-refractivity contribution is -0.123. The molecule has 2 nitrogen and oxygen atoms in total. The summed E-state index contributed by atoms with van der Waals surface area (Å²) in [5.74, 6) is 0.662. The molecule has 1 heterocycles. The van der Waals surface area contributed by atoms with Gasteiger partial charge in [-0.15, -0.1) is 0 Å². The van der Waals surface area contributed by atoms with E-state index in [0.717, 1.165) is 19.4 Å². The summed E-state index contributed by atoms with van der Waals surface area (Å²) in [6.07, 6.45) is 4.23. The van der Waals surface area contributed by atoms with Crippen molar-refractivity contribution in [1.29, 1.82) is 0 Å². The Morgan fingerprint density at radius 1 is 1.58 bits per heavy atom. The number of ether oxygens (including phenoxy) is 1.